The summed E-state index contributed by atoms with van der Waals surface area (Å²) in [6.45, 7) is 0.203. The number of hydrogen-bond acceptors (Lipinski definition) is 4. The van der Waals surface area contributed by atoms with E-state index >= 15 is 0 Å². The summed E-state index contributed by atoms with van der Waals surface area (Å²) in [5, 5.41) is 10.0. The molecule has 6 heteroatoms. The van der Waals surface area contributed by atoms with Crippen molar-refractivity contribution in [3.05, 3.63) is 53.9 Å². The molecule has 1 amide bonds. The molecule has 0 saturated carbocycles. The standard InChI is InChI=1S/C11H9FN4O/c12-10-7-13-5-3-9(10)11(17)14-6-8-2-1-4-15-16-8/h1-5,7H,6H2,(H,14,17). The zero-order valence-electron chi connectivity index (χ0n) is 8.80. The molecule has 0 atom stereocenters. The Kier molecular flexibility index (Phi) is 3.34. The van der Waals surface area contributed by atoms with Crippen molar-refractivity contribution in [2.75, 3.05) is 0 Å². The Labute approximate surface area is 96.7 Å². The Morgan fingerprint density at radius 1 is 1.35 bits per heavy atom. The second-order valence-electron chi connectivity index (χ2n) is 3.25. The molecule has 0 aliphatic heterocycles. The molecule has 0 radical (unpaired) electrons. The summed E-state index contributed by atoms with van der Waals surface area (Å²) in [6.07, 6.45) is 3.89. The monoisotopic (exact) mass is 232 g/mol. The van der Waals surface area contributed by atoms with E-state index in [1.54, 1.807) is 12.1 Å². The molecular formula is C11H9FN4O. The molecule has 17 heavy (non-hydrogen) atoms. The van der Waals surface area contributed by atoms with Gasteiger partial charge in [0.2, 0.25) is 0 Å². The van der Waals surface area contributed by atoms with Crippen LogP contribution in [0.2, 0.25) is 0 Å². The van der Waals surface area contributed by atoms with Gasteiger partial charge in [0.05, 0.1) is 24.0 Å². The Hall–Kier alpha value is -2.37. The molecule has 5 nitrogen and oxygen atoms in total. The summed E-state index contributed by atoms with van der Waals surface area (Å²) < 4.78 is 13.2. The molecule has 0 spiro atoms. The van der Waals surface area contributed by atoms with Crippen LogP contribution in [0.25, 0.3) is 0 Å². The Balaban J connectivity index is 2.01. The number of halogens is 1. The minimum atomic E-state index is -0.649. The molecule has 0 aliphatic carbocycles. The maximum atomic E-state index is 13.2. The van der Waals surface area contributed by atoms with Crippen LogP contribution in [0.4, 0.5) is 4.39 Å². The van der Waals surface area contributed by atoms with Gasteiger partial charge in [-0.05, 0) is 18.2 Å². The van der Waals surface area contributed by atoms with Crippen LogP contribution in [0.1, 0.15) is 16.1 Å². The van der Waals surface area contributed by atoms with Gasteiger partial charge in [0, 0.05) is 12.4 Å². The average molecular weight is 232 g/mol. The van der Waals surface area contributed by atoms with Gasteiger partial charge in [-0.2, -0.15) is 10.2 Å². The van der Waals surface area contributed by atoms with Gasteiger partial charge in [-0.25, -0.2) is 4.39 Å². The first-order valence-electron chi connectivity index (χ1n) is 4.91. The van der Waals surface area contributed by atoms with Gasteiger partial charge in [-0.15, -0.1) is 0 Å². The van der Waals surface area contributed by atoms with Crippen LogP contribution in [0.15, 0.2) is 36.8 Å². The van der Waals surface area contributed by atoms with Crippen LogP contribution >= 0.6 is 0 Å². The highest BCUT2D eigenvalue weighted by Gasteiger charge is 2.10. The van der Waals surface area contributed by atoms with E-state index in [0.717, 1.165) is 6.20 Å². The van der Waals surface area contributed by atoms with Gasteiger partial charge >= 0.3 is 0 Å². The maximum Gasteiger partial charge on any atom is 0.254 e. The molecule has 2 rings (SSSR count). The van der Waals surface area contributed by atoms with E-state index in [-0.39, 0.29) is 12.1 Å². The fourth-order valence-electron chi connectivity index (χ4n) is 1.25. The molecule has 86 valence electrons. The van der Waals surface area contributed by atoms with Crippen LogP contribution < -0.4 is 5.32 Å². The highest BCUT2D eigenvalue weighted by atomic mass is 19.1. The lowest BCUT2D eigenvalue weighted by atomic mass is 10.2. The van der Waals surface area contributed by atoms with Crippen molar-refractivity contribution in [1.82, 2.24) is 20.5 Å². The number of nitrogens with one attached hydrogen (secondary N) is 1. The fourth-order valence-corrected chi connectivity index (χ4v) is 1.25. The summed E-state index contributed by atoms with van der Waals surface area (Å²) in [6, 6.07) is 4.75. The largest absolute Gasteiger partial charge is 0.346 e. The Morgan fingerprint density at radius 3 is 2.94 bits per heavy atom. The third kappa shape index (κ3) is 2.81. The smallest absolute Gasteiger partial charge is 0.254 e. The zero-order chi connectivity index (χ0) is 12.1. The van der Waals surface area contributed by atoms with Crippen molar-refractivity contribution in [3.63, 3.8) is 0 Å². The fraction of sp³-hybridized carbons (Fsp3) is 0.0909. The normalized spacial score (nSPS) is 9.94. The molecule has 2 aromatic heterocycles. The van der Waals surface area contributed by atoms with Gasteiger partial charge in [0.25, 0.3) is 5.91 Å². The summed E-state index contributed by atoms with van der Waals surface area (Å²) >= 11 is 0. The molecule has 0 aliphatic rings. The van der Waals surface area contributed by atoms with Crippen molar-refractivity contribution >= 4 is 5.91 Å². The first-order valence-corrected chi connectivity index (χ1v) is 4.91. The number of aromatic nitrogens is 3. The van der Waals surface area contributed by atoms with Crippen molar-refractivity contribution in [3.8, 4) is 0 Å². The summed E-state index contributed by atoms with van der Waals surface area (Å²) in [7, 11) is 0. The number of amides is 1. The van der Waals surface area contributed by atoms with Gasteiger partial charge < -0.3 is 5.32 Å². The topological polar surface area (TPSA) is 67.8 Å². The zero-order valence-corrected chi connectivity index (χ0v) is 8.80. The first kappa shape index (κ1) is 11.1. The number of nitrogens with zero attached hydrogens (tertiary/aromatic N) is 3. The predicted octanol–water partition coefficient (Wildman–Crippen LogP) is 0.941. The van der Waals surface area contributed by atoms with Crippen molar-refractivity contribution in [2.45, 2.75) is 6.54 Å². The third-order valence-electron chi connectivity index (χ3n) is 2.07. The number of carbonyl (C=O) groups is 1. The molecule has 0 unspecified atom stereocenters. The lowest BCUT2D eigenvalue weighted by molar-refractivity contribution is 0.0946. The van der Waals surface area contributed by atoms with Gasteiger partial charge in [0.15, 0.2) is 5.82 Å². The summed E-state index contributed by atoms with van der Waals surface area (Å²) in [5.74, 6) is -1.15. The van der Waals surface area contributed by atoms with Crippen LogP contribution in [0.3, 0.4) is 0 Å². The lowest BCUT2D eigenvalue weighted by Gasteiger charge is -2.04. The van der Waals surface area contributed by atoms with E-state index in [9.17, 15) is 9.18 Å². The van der Waals surface area contributed by atoms with E-state index in [1.807, 2.05) is 0 Å². The molecule has 0 fully saturated rings. The maximum absolute atomic E-state index is 13.2. The lowest BCUT2D eigenvalue weighted by Crippen LogP contribution is -2.24. The molecular weight excluding hydrogens is 223 g/mol. The van der Waals surface area contributed by atoms with E-state index in [1.165, 1.54) is 18.5 Å². The van der Waals surface area contributed by atoms with Crippen LogP contribution in [-0.4, -0.2) is 21.1 Å². The highest BCUT2D eigenvalue weighted by molar-refractivity contribution is 5.94. The molecule has 2 heterocycles. The third-order valence-corrected chi connectivity index (χ3v) is 2.07. The van der Waals surface area contributed by atoms with E-state index in [0.29, 0.717) is 5.69 Å². The van der Waals surface area contributed by atoms with Gasteiger partial charge in [-0.3, -0.25) is 9.78 Å². The average Bonchev–Trinajstić information content (AvgIpc) is 2.38. The minimum Gasteiger partial charge on any atom is -0.346 e. The molecule has 0 aromatic carbocycles. The number of rotatable bonds is 3. The summed E-state index contributed by atoms with van der Waals surface area (Å²) in [4.78, 5) is 15.2. The quantitative estimate of drug-likeness (QED) is 0.855. The number of pyridine rings is 1. The molecule has 0 saturated heterocycles. The van der Waals surface area contributed by atoms with E-state index < -0.39 is 11.7 Å². The summed E-state index contributed by atoms with van der Waals surface area (Å²) in [5.41, 5.74) is 0.569. The van der Waals surface area contributed by atoms with Gasteiger partial charge in [0.1, 0.15) is 0 Å². The van der Waals surface area contributed by atoms with Gasteiger partial charge in [-0.1, -0.05) is 0 Å². The minimum absolute atomic E-state index is 0.0381. The van der Waals surface area contributed by atoms with Crippen molar-refractivity contribution < 1.29 is 9.18 Å². The number of hydrogen-bond donors (Lipinski definition) is 1. The van der Waals surface area contributed by atoms with Crippen LogP contribution in [0, 0.1) is 5.82 Å². The SMILES string of the molecule is O=C(NCc1cccnn1)c1ccncc1F. The molecule has 0 bridgehead atoms. The van der Waals surface area contributed by atoms with Crippen molar-refractivity contribution in [1.29, 1.82) is 0 Å². The molecule has 2 aromatic rings. The van der Waals surface area contributed by atoms with Crippen LogP contribution in [0.5, 0.6) is 0 Å². The second-order valence-corrected chi connectivity index (χ2v) is 3.25. The second kappa shape index (κ2) is 5.11. The first-order chi connectivity index (χ1) is 8.27. The molecule has 1 N–H and O–H groups in total. The van der Waals surface area contributed by atoms with Crippen molar-refractivity contribution in [2.24, 2.45) is 0 Å². The van der Waals surface area contributed by atoms with Crippen LogP contribution in [-0.2, 0) is 6.54 Å². The predicted molar refractivity (Wildman–Crippen MR) is 57.4 cm³/mol. The van der Waals surface area contributed by atoms with E-state index in [4.69, 9.17) is 0 Å². The Morgan fingerprint density at radius 2 is 2.24 bits per heavy atom. The van der Waals surface area contributed by atoms with E-state index in [2.05, 4.69) is 20.5 Å². The Bertz CT molecular complexity index is 518. The number of carbonyl (C=O) groups excluding carboxylic acids is 1. The highest BCUT2D eigenvalue weighted by Crippen LogP contribution is 2.04.